The lowest BCUT2D eigenvalue weighted by molar-refractivity contribution is 0.438. The van der Waals surface area contributed by atoms with E-state index in [4.69, 9.17) is 23.8 Å². The van der Waals surface area contributed by atoms with Crippen LogP contribution in [-0.4, -0.2) is 23.2 Å². The van der Waals surface area contributed by atoms with Gasteiger partial charge in [-0.2, -0.15) is 0 Å². The summed E-state index contributed by atoms with van der Waals surface area (Å²) >= 11 is 18.0. The molecule has 2 atom stereocenters. The molecule has 2 aromatic heterocycles. The maximum absolute atomic E-state index is 6.83. The van der Waals surface area contributed by atoms with Crippen molar-refractivity contribution >= 4 is 67.6 Å². The third kappa shape index (κ3) is 4.28. The number of hydrogen-bond acceptors (Lipinski definition) is 4. The number of piperidine rings is 1. The summed E-state index contributed by atoms with van der Waals surface area (Å²) < 4.78 is 1.07. The van der Waals surface area contributed by atoms with E-state index < -0.39 is 0 Å². The van der Waals surface area contributed by atoms with Gasteiger partial charge in [0.05, 0.1) is 28.5 Å². The first kappa shape index (κ1) is 22.1. The average Bonchev–Trinajstić information content (AvgIpc) is 3.38. The van der Waals surface area contributed by atoms with E-state index in [1.54, 1.807) is 11.3 Å². The van der Waals surface area contributed by atoms with Crippen molar-refractivity contribution < 1.29 is 0 Å². The highest BCUT2D eigenvalue weighted by atomic mass is 79.9. The van der Waals surface area contributed by atoms with E-state index >= 15 is 0 Å². The summed E-state index contributed by atoms with van der Waals surface area (Å²) in [4.78, 5) is 10.4. The number of halogens is 2. The molecule has 0 spiro atoms. The van der Waals surface area contributed by atoms with Crippen LogP contribution in [0.15, 0.2) is 58.5 Å². The normalized spacial score (nSPS) is 21.8. The van der Waals surface area contributed by atoms with Gasteiger partial charge in [-0.05, 0) is 83.3 Å². The monoisotopic (exact) mass is 546 g/mol. The number of rotatable bonds is 4. The maximum atomic E-state index is 6.83. The molecule has 1 aromatic carbocycles. The molecule has 0 unspecified atom stereocenters. The molecule has 2 aliphatic heterocycles. The van der Waals surface area contributed by atoms with Gasteiger partial charge in [-0.25, -0.2) is 0 Å². The van der Waals surface area contributed by atoms with E-state index in [0.29, 0.717) is 5.11 Å². The van der Waals surface area contributed by atoms with Crippen LogP contribution in [-0.2, 0) is 0 Å². The second kappa shape index (κ2) is 9.29. The Labute approximate surface area is 211 Å². The van der Waals surface area contributed by atoms with Crippen LogP contribution in [0.3, 0.4) is 0 Å². The van der Waals surface area contributed by atoms with Gasteiger partial charge < -0.3 is 15.1 Å². The summed E-state index contributed by atoms with van der Waals surface area (Å²) in [7, 11) is 0. The molecule has 2 aliphatic rings. The predicted octanol–water partition coefficient (Wildman–Crippen LogP) is 6.97. The number of aromatic nitrogens is 1. The number of hydrogen-bond donors (Lipinski definition) is 1. The van der Waals surface area contributed by atoms with Crippen LogP contribution in [0.2, 0.25) is 5.02 Å². The Hall–Kier alpha value is -1.67. The zero-order valence-corrected chi connectivity index (χ0v) is 21.6. The summed E-state index contributed by atoms with van der Waals surface area (Å²) in [6, 6.07) is 14.5. The molecular formula is C24H24BrClN4S2. The fourth-order valence-electron chi connectivity index (χ4n) is 4.56. The Bertz CT molecular complexity index is 1110. The molecule has 0 saturated carbocycles. The van der Waals surface area contributed by atoms with E-state index in [1.807, 2.05) is 24.4 Å². The first-order valence-electron chi connectivity index (χ1n) is 10.8. The molecule has 2 fully saturated rings. The van der Waals surface area contributed by atoms with Gasteiger partial charge in [-0.15, -0.1) is 11.3 Å². The number of nitrogens with zero attached hydrogens (tertiary/aromatic N) is 3. The zero-order valence-electron chi connectivity index (χ0n) is 17.7. The van der Waals surface area contributed by atoms with Gasteiger partial charge in [-0.3, -0.25) is 4.98 Å². The van der Waals surface area contributed by atoms with Gasteiger partial charge in [0.25, 0.3) is 0 Å². The van der Waals surface area contributed by atoms with Crippen LogP contribution in [0.5, 0.6) is 0 Å². The quantitative estimate of drug-likeness (QED) is 0.356. The zero-order chi connectivity index (χ0) is 22.2. The number of anilines is 2. The van der Waals surface area contributed by atoms with E-state index in [-0.39, 0.29) is 12.1 Å². The Kier molecular flexibility index (Phi) is 6.43. The molecule has 4 heterocycles. The van der Waals surface area contributed by atoms with Crippen molar-refractivity contribution in [2.45, 2.75) is 31.8 Å². The molecule has 8 heteroatoms. The number of benzene rings is 1. The van der Waals surface area contributed by atoms with E-state index in [9.17, 15) is 0 Å². The van der Waals surface area contributed by atoms with Crippen LogP contribution in [0.25, 0.3) is 0 Å². The summed E-state index contributed by atoms with van der Waals surface area (Å²) in [5.41, 5.74) is 3.07. The van der Waals surface area contributed by atoms with Gasteiger partial charge in [0, 0.05) is 39.7 Å². The highest BCUT2D eigenvalue weighted by Crippen LogP contribution is 2.45. The lowest BCUT2D eigenvalue weighted by Crippen LogP contribution is -2.33. The largest absolute Gasteiger partial charge is 0.370 e. The highest BCUT2D eigenvalue weighted by Gasteiger charge is 2.41. The molecule has 0 amide bonds. The summed E-state index contributed by atoms with van der Waals surface area (Å²) in [6.07, 6.45) is 4.24. The lowest BCUT2D eigenvalue weighted by Gasteiger charge is -2.33. The Morgan fingerprint density at radius 3 is 2.66 bits per heavy atom. The molecule has 0 radical (unpaired) electrons. The third-order valence-corrected chi connectivity index (χ3v) is 8.69. The van der Waals surface area contributed by atoms with Crippen molar-refractivity contribution in [3.63, 3.8) is 0 Å². The molecule has 3 aromatic rings. The minimum atomic E-state index is -0.0451. The molecule has 0 bridgehead atoms. The molecule has 5 rings (SSSR count). The van der Waals surface area contributed by atoms with Crippen molar-refractivity contribution in [1.82, 2.24) is 10.3 Å². The van der Waals surface area contributed by atoms with Crippen molar-refractivity contribution in [1.29, 1.82) is 0 Å². The van der Waals surface area contributed by atoms with Gasteiger partial charge in [0.1, 0.15) is 0 Å². The Morgan fingerprint density at radius 2 is 2.00 bits per heavy atom. The summed E-state index contributed by atoms with van der Waals surface area (Å²) in [5, 5.41) is 7.08. The van der Waals surface area contributed by atoms with Crippen LogP contribution < -0.4 is 15.1 Å². The van der Waals surface area contributed by atoms with Gasteiger partial charge in [0.15, 0.2) is 5.11 Å². The first-order chi connectivity index (χ1) is 15.5. The van der Waals surface area contributed by atoms with Crippen molar-refractivity contribution in [3.05, 3.63) is 74.1 Å². The lowest BCUT2D eigenvalue weighted by atomic mass is 9.98. The SMILES string of the molecule is CC1CCN(c2ccc(N3C(=S)N[C@H](c4ccccn4)[C@H]3c3cc(Br)cs3)cc2Cl)CC1. The summed E-state index contributed by atoms with van der Waals surface area (Å²) in [6.45, 7) is 4.43. The number of pyridine rings is 1. The Morgan fingerprint density at radius 1 is 1.19 bits per heavy atom. The van der Waals surface area contributed by atoms with Gasteiger partial charge in [-0.1, -0.05) is 24.6 Å². The standard InChI is InChI=1S/C24H24BrClN4S2/c1-15-7-10-29(11-8-15)20-6-5-17(13-18(20)26)30-23(21-12-16(25)14-32-21)22(28-24(30)31)19-4-2-3-9-27-19/h2-6,9,12-15,22-23H,7-8,10-11H2,1H3,(H,28,31)/t22-,23-/m1/s1. The van der Waals surface area contributed by atoms with E-state index in [1.165, 1.54) is 17.7 Å². The third-order valence-electron chi connectivity index (χ3n) is 6.31. The predicted molar refractivity (Wildman–Crippen MR) is 142 cm³/mol. The average molecular weight is 548 g/mol. The smallest absolute Gasteiger partial charge is 0.174 e. The molecular weight excluding hydrogens is 524 g/mol. The molecule has 0 aliphatic carbocycles. The number of thiocarbonyl (C=S) groups is 1. The second-order valence-electron chi connectivity index (χ2n) is 8.47. The molecule has 4 nitrogen and oxygen atoms in total. The minimum absolute atomic E-state index is 0.00791. The Balaban J connectivity index is 1.51. The highest BCUT2D eigenvalue weighted by molar-refractivity contribution is 9.10. The maximum Gasteiger partial charge on any atom is 0.174 e. The first-order valence-corrected chi connectivity index (χ1v) is 13.3. The van der Waals surface area contributed by atoms with Crippen LogP contribution >= 0.6 is 51.1 Å². The van der Waals surface area contributed by atoms with Crippen molar-refractivity contribution in [2.24, 2.45) is 5.92 Å². The van der Waals surface area contributed by atoms with Crippen LogP contribution in [0.4, 0.5) is 11.4 Å². The number of thiophene rings is 1. The van der Waals surface area contributed by atoms with Gasteiger partial charge >= 0.3 is 0 Å². The fraction of sp³-hybridized carbons (Fsp3) is 0.333. The van der Waals surface area contributed by atoms with Crippen LogP contribution in [0, 0.1) is 5.92 Å². The number of nitrogens with one attached hydrogen (secondary N) is 1. The minimum Gasteiger partial charge on any atom is -0.370 e. The van der Waals surface area contributed by atoms with Crippen LogP contribution in [0.1, 0.15) is 42.4 Å². The molecule has 32 heavy (non-hydrogen) atoms. The molecule has 1 N–H and O–H groups in total. The second-order valence-corrected chi connectivity index (χ2v) is 11.1. The topological polar surface area (TPSA) is 31.4 Å². The van der Waals surface area contributed by atoms with E-state index in [0.717, 1.165) is 45.6 Å². The molecule has 2 saturated heterocycles. The van der Waals surface area contributed by atoms with E-state index in [2.05, 4.69) is 72.6 Å². The fourth-order valence-corrected chi connectivity index (χ4v) is 6.77. The van der Waals surface area contributed by atoms with Crippen molar-refractivity contribution in [2.75, 3.05) is 22.9 Å². The molecule has 166 valence electrons. The van der Waals surface area contributed by atoms with Crippen molar-refractivity contribution in [3.8, 4) is 0 Å². The summed E-state index contributed by atoms with van der Waals surface area (Å²) in [5.74, 6) is 0.784. The van der Waals surface area contributed by atoms with Gasteiger partial charge in [0.2, 0.25) is 0 Å².